The molecular formula is C12H12FNO4. The van der Waals surface area contributed by atoms with Crippen molar-refractivity contribution in [3.8, 4) is 0 Å². The van der Waals surface area contributed by atoms with E-state index in [1.54, 1.807) is 0 Å². The number of hydrogen-bond acceptors (Lipinski definition) is 3. The lowest BCUT2D eigenvalue weighted by Crippen LogP contribution is -2.48. The minimum Gasteiger partial charge on any atom is -0.479 e. The summed E-state index contributed by atoms with van der Waals surface area (Å²) in [7, 11) is 0. The van der Waals surface area contributed by atoms with Crippen molar-refractivity contribution in [1.82, 2.24) is 4.90 Å². The third-order valence-electron chi connectivity index (χ3n) is 2.70. The molecule has 1 aliphatic heterocycles. The number of morpholine rings is 1. The van der Waals surface area contributed by atoms with Gasteiger partial charge in [0, 0.05) is 12.1 Å². The molecule has 1 N–H and O–H groups in total. The summed E-state index contributed by atoms with van der Waals surface area (Å²) in [5.41, 5.74) is 0.209. The Morgan fingerprint density at radius 1 is 1.44 bits per heavy atom. The molecule has 1 aliphatic rings. The number of carbonyl (C=O) groups excluding carboxylic acids is 1. The highest BCUT2D eigenvalue weighted by molar-refractivity contribution is 5.94. The molecule has 0 unspecified atom stereocenters. The molecule has 96 valence electrons. The number of amides is 1. The van der Waals surface area contributed by atoms with Crippen molar-refractivity contribution in [1.29, 1.82) is 0 Å². The quantitative estimate of drug-likeness (QED) is 0.844. The molecule has 6 heteroatoms. The molecule has 1 aromatic carbocycles. The van der Waals surface area contributed by atoms with Gasteiger partial charge in [0.05, 0.1) is 13.2 Å². The largest absolute Gasteiger partial charge is 0.479 e. The van der Waals surface area contributed by atoms with Crippen LogP contribution in [-0.2, 0) is 9.53 Å². The van der Waals surface area contributed by atoms with Gasteiger partial charge in [-0.05, 0) is 18.2 Å². The number of hydrogen-bond donors (Lipinski definition) is 1. The molecule has 1 aromatic rings. The average molecular weight is 253 g/mol. The molecule has 0 aliphatic carbocycles. The van der Waals surface area contributed by atoms with Crippen molar-refractivity contribution in [3.63, 3.8) is 0 Å². The Labute approximate surface area is 103 Å². The summed E-state index contributed by atoms with van der Waals surface area (Å²) < 4.78 is 18.0. The maximum Gasteiger partial charge on any atom is 0.334 e. The van der Waals surface area contributed by atoms with E-state index in [-0.39, 0.29) is 24.6 Å². The zero-order valence-corrected chi connectivity index (χ0v) is 9.51. The molecule has 0 aromatic heterocycles. The van der Waals surface area contributed by atoms with Crippen LogP contribution in [0.2, 0.25) is 0 Å². The number of benzene rings is 1. The summed E-state index contributed by atoms with van der Waals surface area (Å²) >= 11 is 0. The Balaban J connectivity index is 2.11. The van der Waals surface area contributed by atoms with Gasteiger partial charge in [0.15, 0.2) is 6.10 Å². The number of carboxylic acids is 1. The first kappa shape index (κ1) is 12.5. The molecule has 5 nitrogen and oxygen atoms in total. The Morgan fingerprint density at radius 2 is 2.22 bits per heavy atom. The molecular weight excluding hydrogens is 241 g/mol. The highest BCUT2D eigenvalue weighted by atomic mass is 19.1. The molecule has 1 fully saturated rings. The lowest BCUT2D eigenvalue weighted by atomic mass is 10.1. The first-order valence-electron chi connectivity index (χ1n) is 5.47. The number of nitrogens with zero attached hydrogens (tertiary/aromatic N) is 1. The minimum atomic E-state index is -1.10. The van der Waals surface area contributed by atoms with E-state index in [9.17, 15) is 14.0 Å². The van der Waals surface area contributed by atoms with E-state index in [1.165, 1.54) is 23.1 Å². The topological polar surface area (TPSA) is 66.8 Å². The summed E-state index contributed by atoms with van der Waals surface area (Å²) in [6.07, 6.45) is -1.02. The van der Waals surface area contributed by atoms with Crippen molar-refractivity contribution in [2.45, 2.75) is 6.10 Å². The standard InChI is InChI=1S/C12H12FNO4/c13-9-3-1-2-8(6-9)11(15)14-4-5-18-10(7-14)12(16)17/h1-3,6,10H,4-5,7H2,(H,16,17)/t10-/m0/s1. The minimum absolute atomic E-state index is 0.0231. The number of carbonyl (C=O) groups is 2. The highest BCUT2D eigenvalue weighted by Gasteiger charge is 2.29. The number of rotatable bonds is 2. The van der Waals surface area contributed by atoms with Gasteiger partial charge >= 0.3 is 5.97 Å². The van der Waals surface area contributed by atoms with Gasteiger partial charge in [-0.2, -0.15) is 0 Å². The van der Waals surface area contributed by atoms with Crippen molar-refractivity contribution in [3.05, 3.63) is 35.6 Å². The van der Waals surface area contributed by atoms with Crippen LogP contribution in [0.15, 0.2) is 24.3 Å². The molecule has 0 radical (unpaired) electrons. The summed E-state index contributed by atoms with van der Waals surface area (Å²) in [6, 6.07) is 5.32. The Bertz CT molecular complexity index is 477. The van der Waals surface area contributed by atoms with E-state index >= 15 is 0 Å². The van der Waals surface area contributed by atoms with Crippen LogP contribution < -0.4 is 0 Å². The maximum absolute atomic E-state index is 13.0. The molecule has 1 amide bonds. The molecule has 0 saturated carbocycles. The first-order valence-corrected chi connectivity index (χ1v) is 5.47. The second-order valence-corrected chi connectivity index (χ2v) is 3.96. The van der Waals surface area contributed by atoms with Crippen LogP contribution in [0.1, 0.15) is 10.4 Å². The molecule has 0 spiro atoms. The second kappa shape index (κ2) is 5.14. The van der Waals surface area contributed by atoms with Gasteiger partial charge in [-0.3, -0.25) is 4.79 Å². The molecule has 1 heterocycles. The van der Waals surface area contributed by atoms with Gasteiger partial charge in [-0.25, -0.2) is 9.18 Å². The van der Waals surface area contributed by atoms with Crippen molar-refractivity contribution >= 4 is 11.9 Å². The van der Waals surface area contributed by atoms with Gasteiger partial charge in [0.25, 0.3) is 5.91 Å². The Kier molecular flexibility index (Phi) is 3.57. The van der Waals surface area contributed by atoms with Gasteiger partial charge in [-0.1, -0.05) is 6.07 Å². The van der Waals surface area contributed by atoms with Crippen LogP contribution in [0.5, 0.6) is 0 Å². The van der Waals surface area contributed by atoms with E-state index in [4.69, 9.17) is 9.84 Å². The molecule has 2 rings (SSSR count). The van der Waals surface area contributed by atoms with Crippen LogP contribution in [-0.4, -0.2) is 47.7 Å². The van der Waals surface area contributed by atoms with Crippen LogP contribution in [0.3, 0.4) is 0 Å². The number of aliphatic carboxylic acids is 1. The van der Waals surface area contributed by atoms with Crippen LogP contribution in [0.4, 0.5) is 4.39 Å². The molecule has 1 atom stereocenters. The number of carboxylic acid groups (broad SMARTS) is 1. The lowest BCUT2D eigenvalue weighted by Gasteiger charge is -2.30. The van der Waals surface area contributed by atoms with E-state index in [0.717, 1.165) is 6.07 Å². The normalized spacial score (nSPS) is 19.6. The molecule has 1 saturated heterocycles. The monoisotopic (exact) mass is 253 g/mol. The Morgan fingerprint density at radius 3 is 2.89 bits per heavy atom. The van der Waals surface area contributed by atoms with Crippen molar-refractivity contribution in [2.24, 2.45) is 0 Å². The number of halogens is 1. The summed E-state index contributed by atoms with van der Waals surface area (Å²) in [4.78, 5) is 24.2. The maximum atomic E-state index is 13.0. The summed E-state index contributed by atoms with van der Waals surface area (Å²) in [5.74, 6) is -1.99. The third-order valence-corrected chi connectivity index (χ3v) is 2.70. The van der Waals surface area contributed by atoms with E-state index in [2.05, 4.69) is 0 Å². The van der Waals surface area contributed by atoms with E-state index in [0.29, 0.717) is 6.54 Å². The average Bonchev–Trinajstić information content (AvgIpc) is 2.38. The fourth-order valence-corrected chi connectivity index (χ4v) is 1.79. The Hall–Kier alpha value is -1.95. The van der Waals surface area contributed by atoms with Gasteiger partial charge in [0.2, 0.25) is 0 Å². The second-order valence-electron chi connectivity index (χ2n) is 3.96. The smallest absolute Gasteiger partial charge is 0.334 e. The zero-order valence-electron chi connectivity index (χ0n) is 9.51. The highest BCUT2D eigenvalue weighted by Crippen LogP contribution is 2.12. The van der Waals surface area contributed by atoms with Crippen molar-refractivity contribution < 1.29 is 23.8 Å². The van der Waals surface area contributed by atoms with Crippen LogP contribution >= 0.6 is 0 Å². The fraction of sp³-hybridized carbons (Fsp3) is 0.333. The van der Waals surface area contributed by atoms with Gasteiger partial charge in [0.1, 0.15) is 5.82 Å². The molecule has 0 bridgehead atoms. The predicted molar refractivity (Wildman–Crippen MR) is 59.7 cm³/mol. The van der Waals surface area contributed by atoms with E-state index in [1.807, 2.05) is 0 Å². The van der Waals surface area contributed by atoms with Gasteiger partial charge in [-0.15, -0.1) is 0 Å². The van der Waals surface area contributed by atoms with Crippen LogP contribution in [0, 0.1) is 5.82 Å². The van der Waals surface area contributed by atoms with Crippen LogP contribution in [0.25, 0.3) is 0 Å². The number of ether oxygens (including phenoxy) is 1. The first-order chi connectivity index (χ1) is 8.58. The van der Waals surface area contributed by atoms with Gasteiger partial charge < -0.3 is 14.7 Å². The van der Waals surface area contributed by atoms with E-state index < -0.39 is 17.9 Å². The molecule has 18 heavy (non-hydrogen) atoms. The van der Waals surface area contributed by atoms with Crippen molar-refractivity contribution in [2.75, 3.05) is 19.7 Å². The lowest BCUT2D eigenvalue weighted by molar-refractivity contribution is -0.154. The summed E-state index contributed by atoms with van der Waals surface area (Å²) in [6.45, 7) is 0.446. The third kappa shape index (κ3) is 2.65. The predicted octanol–water partition coefficient (Wildman–Crippen LogP) is 0.751. The zero-order chi connectivity index (χ0) is 13.1. The fourth-order valence-electron chi connectivity index (χ4n) is 1.79. The summed E-state index contributed by atoms with van der Waals surface area (Å²) in [5, 5.41) is 8.83. The SMILES string of the molecule is O=C(O)[C@@H]1CN(C(=O)c2cccc(F)c2)CCO1.